The molecule has 0 aliphatic heterocycles. The van der Waals surface area contributed by atoms with Gasteiger partial charge >= 0.3 is 0 Å². The average Bonchev–Trinajstić information content (AvgIpc) is 2.44. The van der Waals surface area contributed by atoms with Crippen LogP contribution in [-0.2, 0) is 0 Å². The van der Waals surface area contributed by atoms with E-state index in [1.807, 2.05) is 19.2 Å². The van der Waals surface area contributed by atoms with Gasteiger partial charge in [-0.3, -0.25) is 4.79 Å². The van der Waals surface area contributed by atoms with Crippen LogP contribution in [0.3, 0.4) is 0 Å². The summed E-state index contributed by atoms with van der Waals surface area (Å²) >= 11 is 0. The van der Waals surface area contributed by atoms with E-state index in [0.29, 0.717) is 11.5 Å². The third kappa shape index (κ3) is 5.59. The van der Waals surface area contributed by atoms with Gasteiger partial charge in [0, 0.05) is 26.3 Å². The maximum Gasteiger partial charge on any atom is 0.255 e. The fraction of sp³-hybridized carbons (Fsp3) is 0.625. The summed E-state index contributed by atoms with van der Waals surface area (Å²) in [7, 11) is 1.84. The molecule has 0 saturated heterocycles. The van der Waals surface area contributed by atoms with E-state index < -0.39 is 0 Å². The third-order valence-corrected chi connectivity index (χ3v) is 3.23. The number of anilines is 1. The minimum Gasteiger partial charge on any atom is -0.370 e. The molecule has 112 valence electrons. The highest BCUT2D eigenvalue weighted by Crippen LogP contribution is 2.09. The molecular weight excluding hydrogens is 250 g/mol. The summed E-state index contributed by atoms with van der Waals surface area (Å²) in [4.78, 5) is 18.2. The molecule has 0 atom stereocenters. The highest BCUT2D eigenvalue weighted by atomic mass is 16.2. The van der Waals surface area contributed by atoms with Crippen LogP contribution < -0.4 is 5.32 Å². The Bertz CT molecular complexity index is 401. The summed E-state index contributed by atoms with van der Waals surface area (Å²) in [6, 6.07) is 3.72. The molecular formula is C16H27N3O. The summed E-state index contributed by atoms with van der Waals surface area (Å²) in [6.07, 6.45) is 4.89. The highest BCUT2D eigenvalue weighted by Gasteiger charge is 2.11. The predicted molar refractivity (Wildman–Crippen MR) is 84.1 cm³/mol. The molecule has 0 spiro atoms. The Balaban J connectivity index is 2.50. The first-order chi connectivity index (χ1) is 9.54. The van der Waals surface area contributed by atoms with Crippen LogP contribution in [0.5, 0.6) is 0 Å². The summed E-state index contributed by atoms with van der Waals surface area (Å²) in [5, 5.41) is 3.27. The van der Waals surface area contributed by atoms with E-state index in [2.05, 4.69) is 31.1 Å². The second-order valence-corrected chi connectivity index (χ2v) is 5.62. The molecule has 1 aromatic heterocycles. The number of hydrogen-bond acceptors (Lipinski definition) is 3. The summed E-state index contributed by atoms with van der Waals surface area (Å²) < 4.78 is 0. The molecule has 4 nitrogen and oxygen atoms in total. The lowest BCUT2D eigenvalue weighted by Gasteiger charge is -2.16. The molecule has 4 heteroatoms. The molecule has 1 N–H and O–H groups in total. The molecule has 0 fully saturated rings. The van der Waals surface area contributed by atoms with E-state index in [-0.39, 0.29) is 5.91 Å². The topological polar surface area (TPSA) is 45.2 Å². The van der Waals surface area contributed by atoms with Gasteiger partial charge in [0.2, 0.25) is 0 Å². The quantitative estimate of drug-likeness (QED) is 0.792. The number of amides is 1. The van der Waals surface area contributed by atoms with Crippen molar-refractivity contribution in [1.29, 1.82) is 0 Å². The lowest BCUT2D eigenvalue weighted by molar-refractivity contribution is 0.0793. The average molecular weight is 277 g/mol. The number of nitrogens with one attached hydrogen (secondary N) is 1. The normalized spacial score (nSPS) is 10.7. The van der Waals surface area contributed by atoms with Crippen molar-refractivity contribution in [3.63, 3.8) is 0 Å². The molecule has 1 aromatic rings. The van der Waals surface area contributed by atoms with Gasteiger partial charge in [0.1, 0.15) is 5.82 Å². The van der Waals surface area contributed by atoms with E-state index in [0.717, 1.165) is 38.2 Å². The zero-order chi connectivity index (χ0) is 15.0. The van der Waals surface area contributed by atoms with Gasteiger partial charge < -0.3 is 10.2 Å². The van der Waals surface area contributed by atoms with Gasteiger partial charge in [-0.1, -0.05) is 27.2 Å². The summed E-state index contributed by atoms with van der Waals surface area (Å²) in [5.74, 6) is 1.55. The number of nitrogens with zero attached hydrogens (tertiary/aromatic N) is 2. The van der Waals surface area contributed by atoms with Crippen LogP contribution in [0.25, 0.3) is 0 Å². The van der Waals surface area contributed by atoms with Crippen molar-refractivity contribution < 1.29 is 4.79 Å². The number of pyridine rings is 1. The predicted octanol–water partition coefficient (Wildman–Crippen LogP) is 3.41. The first-order valence-corrected chi connectivity index (χ1v) is 7.50. The Hall–Kier alpha value is -1.58. The number of unbranched alkanes of at least 4 members (excludes halogenated alkanes) is 1. The smallest absolute Gasteiger partial charge is 0.255 e. The Labute approximate surface area is 122 Å². The zero-order valence-corrected chi connectivity index (χ0v) is 13.1. The zero-order valence-electron chi connectivity index (χ0n) is 13.1. The summed E-state index contributed by atoms with van der Waals surface area (Å²) in [5.41, 5.74) is 0.651. The minimum absolute atomic E-state index is 0.0414. The standard InChI is InChI=1S/C16H27N3O/c1-5-6-11-19(4)16(20)14-7-8-15(18-12-14)17-10-9-13(2)3/h7-8,12-13H,5-6,9-11H2,1-4H3,(H,17,18). The Morgan fingerprint density at radius 3 is 2.70 bits per heavy atom. The van der Waals surface area contributed by atoms with E-state index in [9.17, 15) is 4.79 Å². The Morgan fingerprint density at radius 1 is 1.40 bits per heavy atom. The van der Waals surface area contributed by atoms with Gasteiger partial charge in [-0.15, -0.1) is 0 Å². The fourth-order valence-electron chi connectivity index (χ4n) is 1.83. The first kappa shape index (κ1) is 16.5. The molecule has 20 heavy (non-hydrogen) atoms. The molecule has 0 unspecified atom stereocenters. The molecule has 1 amide bonds. The van der Waals surface area contributed by atoms with Crippen LogP contribution in [0.2, 0.25) is 0 Å². The van der Waals surface area contributed by atoms with Crippen molar-refractivity contribution in [2.24, 2.45) is 5.92 Å². The second kappa shape index (κ2) is 8.56. The van der Waals surface area contributed by atoms with E-state index in [1.165, 1.54) is 0 Å². The van der Waals surface area contributed by atoms with Crippen molar-refractivity contribution in [2.75, 3.05) is 25.5 Å². The van der Waals surface area contributed by atoms with Crippen molar-refractivity contribution >= 4 is 11.7 Å². The van der Waals surface area contributed by atoms with Crippen LogP contribution in [-0.4, -0.2) is 35.9 Å². The number of rotatable bonds is 8. The molecule has 0 radical (unpaired) electrons. The SMILES string of the molecule is CCCCN(C)C(=O)c1ccc(NCCC(C)C)nc1. The van der Waals surface area contributed by atoms with Crippen LogP contribution in [0, 0.1) is 5.92 Å². The maximum atomic E-state index is 12.1. The van der Waals surface area contributed by atoms with Gasteiger partial charge in [-0.05, 0) is 30.9 Å². The van der Waals surface area contributed by atoms with Crippen LogP contribution in [0.15, 0.2) is 18.3 Å². The molecule has 0 bridgehead atoms. The van der Waals surface area contributed by atoms with Crippen LogP contribution in [0.4, 0.5) is 5.82 Å². The van der Waals surface area contributed by atoms with Crippen molar-refractivity contribution in [3.05, 3.63) is 23.9 Å². The first-order valence-electron chi connectivity index (χ1n) is 7.50. The van der Waals surface area contributed by atoms with Gasteiger partial charge in [-0.25, -0.2) is 4.98 Å². The van der Waals surface area contributed by atoms with Crippen LogP contribution >= 0.6 is 0 Å². The third-order valence-electron chi connectivity index (χ3n) is 3.23. The maximum absolute atomic E-state index is 12.1. The molecule has 0 saturated carbocycles. The lowest BCUT2D eigenvalue weighted by atomic mass is 10.1. The monoisotopic (exact) mass is 277 g/mol. The van der Waals surface area contributed by atoms with Gasteiger partial charge in [0.05, 0.1) is 5.56 Å². The summed E-state index contributed by atoms with van der Waals surface area (Å²) in [6.45, 7) is 8.22. The molecule has 0 aliphatic rings. The number of aromatic nitrogens is 1. The lowest BCUT2D eigenvalue weighted by Crippen LogP contribution is -2.27. The molecule has 1 rings (SSSR count). The Kier molecular flexibility index (Phi) is 7.05. The molecule has 0 aromatic carbocycles. The number of carbonyl (C=O) groups excluding carboxylic acids is 1. The number of hydrogen-bond donors (Lipinski definition) is 1. The molecule has 1 heterocycles. The van der Waals surface area contributed by atoms with Crippen molar-refractivity contribution in [3.8, 4) is 0 Å². The van der Waals surface area contributed by atoms with Gasteiger partial charge in [-0.2, -0.15) is 0 Å². The highest BCUT2D eigenvalue weighted by molar-refractivity contribution is 5.93. The second-order valence-electron chi connectivity index (χ2n) is 5.62. The van der Waals surface area contributed by atoms with Crippen molar-refractivity contribution in [1.82, 2.24) is 9.88 Å². The largest absolute Gasteiger partial charge is 0.370 e. The van der Waals surface area contributed by atoms with Crippen LogP contribution in [0.1, 0.15) is 50.4 Å². The van der Waals surface area contributed by atoms with E-state index in [4.69, 9.17) is 0 Å². The minimum atomic E-state index is 0.0414. The number of carbonyl (C=O) groups is 1. The van der Waals surface area contributed by atoms with E-state index >= 15 is 0 Å². The van der Waals surface area contributed by atoms with Gasteiger partial charge in [0.25, 0.3) is 5.91 Å². The Morgan fingerprint density at radius 2 is 2.15 bits per heavy atom. The fourth-order valence-corrected chi connectivity index (χ4v) is 1.83. The van der Waals surface area contributed by atoms with Crippen molar-refractivity contribution in [2.45, 2.75) is 40.0 Å². The van der Waals surface area contributed by atoms with Gasteiger partial charge in [0.15, 0.2) is 0 Å². The molecule has 0 aliphatic carbocycles. The van der Waals surface area contributed by atoms with E-state index in [1.54, 1.807) is 11.1 Å².